The molecule has 0 unspecified atom stereocenters. The summed E-state index contributed by atoms with van der Waals surface area (Å²) in [7, 11) is -3.93. The second-order valence-electron chi connectivity index (χ2n) is 7.03. The standard InChI is InChI=1S/C21H21Cl3N2O6S/c22-9-14(27)11-31-20-3-1-16(7-18(20)23)33(29,30)17-2-4-21(19(24)8-17)32-12-15(28)10-26-6-5-25-13-26/h1-8,13-15,27-28H,9-12H2/t14-,15-/m0/s1. The molecule has 0 amide bonds. The molecule has 0 fully saturated rings. The van der Waals surface area contributed by atoms with Crippen LogP contribution in [-0.4, -0.2) is 59.5 Å². The zero-order valence-corrected chi connectivity index (χ0v) is 20.2. The minimum absolute atomic E-state index is 0.00583. The third-order valence-electron chi connectivity index (χ3n) is 4.45. The fraction of sp³-hybridized carbons (Fsp3) is 0.286. The number of halogens is 3. The maximum Gasteiger partial charge on any atom is 0.206 e. The summed E-state index contributed by atoms with van der Waals surface area (Å²) in [5, 5.41) is 19.7. The minimum atomic E-state index is -3.93. The largest absolute Gasteiger partial charge is 0.489 e. The number of nitrogens with zero attached hydrogens (tertiary/aromatic N) is 2. The van der Waals surface area contributed by atoms with Gasteiger partial charge in [-0.15, -0.1) is 11.6 Å². The Labute approximate surface area is 206 Å². The van der Waals surface area contributed by atoms with Gasteiger partial charge in [-0.3, -0.25) is 0 Å². The van der Waals surface area contributed by atoms with E-state index in [-0.39, 0.29) is 57.0 Å². The lowest BCUT2D eigenvalue weighted by molar-refractivity contribution is 0.0925. The number of sulfone groups is 1. The third-order valence-corrected chi connectivity index (χ3v) is 7.14. The number of aliphatic hydroxyl groups is 2. The Morgan fingerprint density at radius 3 is 1.94 bits per heavy atom. The number of imidazole rings is 1. The molecule has 2 atom stereocenters. The molecule has 3 aromatic rings. The summed E-state index contributed by atoms with van der Waals surface area (Å²) >= 11 is 17.9. The monoisotopic (exact) mass is 534 g/mol. The van der Waals surface area contributed by atoms with Gasteiger partial charge in [-0.05, 0) is 36.4 Å². The predicted octanol–water partition coefficient (Wildman–Crippen LogP) is 3.44. The van der Waals surface area contributed by atoms with Gasteiger partial charge in [0, 0.05) is 12.4 Å². The molecule has 8 nitrogen and oxygen atoms in total. The molecule has 0 aliphatic carbocycles. The molecule has 0 spiro atoms. The van der Waals surface area contributed by atoms with Gasteiger partial charge in [-0.2, -0.15) is 0 Å². The van der Waals surface area contributed by atoms with Crippen LogP contribution in [0.3, 0.4) is 0 Å². The fourth-order valence-electron chi connectivity index (χ4n) is 2.77. The first-order chi connectivity index (χ1) is 15.7. The number of rotatable bonds is 11. The van der Waals surface area contributed by atoms with Crippen LogP contribution in [0, 0.1) is 0 Å². The first-order valence-electron chi connectivity index (χ1n) is 9.68. The highest BCUT2D eigenvalue weighted by molar-refractivity contribution is 7.91. The van der Waals surface area contributed by atoms with Crippen molar-refractivity contribution >= 4 is 44.6 Å². The molecule has 0 radical (unpaired) electrons. The van der Waals surface area contributed by atoms with Crippen molar-refractivity contribution in [2.24, 2.45) is 0 Å². The molecule has 1 aromatic heterocycles. The van der Waals surface area contributed by atoms with Crippen molar-refractivity contribution in [1.29, 1.82) is 0 Å². The van der Waals surface area contributed by atoms with E-state index in [9.17, 15) is 18.6 Å². The summed E-state index contributed by atoms with van der Waals surface area (Å²) in [6, 6.07) is 8.04. The van der Waals surface area contributed by atoms with Crippen LogP contribution in [-0.2, 0) is 16.4 Å². The van der Waals surface area contributed by atoms with E-state index >= 15 is 0 Å². The number of hydrogen-bond donors (Lipinski definition) is 2. The molecule has 178 valence electrons. The average molecular weight is 536 g/mol. The molecule has 12 heteroatoms. The molecule has 2 aromatic carbocycles. The van der Waals surface area contributed by atoms with Crippen molar-refractivity contribution < 1.29 is 28.1 Å². The highest BCUT2D eigenvalue weighted by Gasteiger charge is 2.21. The number of aromatic nitrogens is 2. The van der Waals surface area contributed by atoms with E-state index in [4.69, 9.17) is 44.3 Å². The molecule has 1 heterocycles. The Morgan fingerprint density at radius 2 is 1.48 bits per heavy atom. The molecule has 0 aliphatic rings. The third kappa shape index (κ3) is 6.75. The molecular formula is C21H21Cl3N2O6S. The second kappa shape index (κ2) is 11.4. The van der Waals surface area contributed by atoms with Gasteiger partial charge in [-0.1, -0.05) is 23.2 Å². The Balaban J connectivity index is 1.69. The maximum absolute atomic E-state index is 13.0. The Bertz CT molecular complexity index is 1170. The lowest BCUT2D eigenvalue weighted by atomic mass is 10.3. The Morgan fingerprint density at radius 1 is 0.939 bits per heavy atom. The number of ether oxygens (including phenoxy) is 2. The molecule has 0 aliphatic heterocycles. The van der Waals surface area contributed by atoms with Crippen LogP contribution in [0.5, 0.6) is 11.5 Å². The molecule has 0 saturated carbocycles. The van der Waals surface area contributed by atoms with Gasteiger partial charge in [0.1, 0.15) is 36.9 Å². The Kier molecular flexibility index (Phi) is 8.86. The topological polar surface area (TPSA) is 111 Å². The van der Waals surface area contributed by atoms with E-state index in [1.54, 1.807) is 23.3 Å². The normalized spacial score (nSPS) is 13.5. The van der Waals surface area contributed by atoms with Gasteiger partial charge < -0.3 is 24.3 Å². The van der Waals surface area contributed by atoms with Crippen LogP contribution < -0.4 is 9.47 Å². The van der Waals surface area contributed by atoms with E-state index in [0.717, 1.165) is 0 Å². The van der Waals surface area contributed by atoms with Crippen LogP contribution >= 0.6 is 34.8 Å². The number of aliphatic hydroxyl groups excluding tert-OH is 2. The van der Waals surface area contributed by atoms with Gasteiger partial charge in [0.25, 0.3) is 0 Å². The van der Waals surface area contributed by atoms with Crippen LogP contribution in [0.4, 0.5) is 0 Å². The zero-order valence-electron chi connectivity index (χ0n) is 17.1. The molecule has 0 bridgehead atoms. The SMILES string of the molecule is O=S(=O)(c1ccc(OC[C@@H](O)Cn2ccnc2)c(Cl)c1)c1ccc(OC[C@@H](O)CCl)c(Cl)c1. The van der Waals surface area contributed by atoms with E-state index < -0.39 is 22.0 Å². The van der Waals surface area contributed by atoms with E-state index in [1.165, 1.54) is 36.4 Å². The highest BCUT2D eigenvalue weighted by atomic mass is 35.5. The smallest absolute Gasteiger partial charge is 0.206 e. The van der Waals surface area contributed by atoms with E-state index in [0.29, 0.717) is 0 Å². The van der Waals surface area contributed by atoms with E-state index in [1.807, 2.05) is 0 Å². The van der Waals surface area contributed by atoms with Crippen LogP contribution in [0.15, 0.2) is 64.9 Å². The Hall–Kier alpha value is -2.01. The summed E-state index contributed by atoms with van der Waals surface area (Å²) < 4.78 is 38.6. The first kappa shape index (κ1) is 25.6. The van der Waals surface area contributed by atoms with Crippen molar-refractivity contribution in [3.8, 4) is 11.5 Å². The number of alkyl halides is 1. The molecular weight excluding hydrogens is 515 g/mol. The second-order valence-corrected chi connectivity index (χ2v) is 10.1. The van der Waals surface area contributed by atoms with Gasteiger partial charge >= 0.3 is 0 Å². The molecule has 3 rings (SSSR count). The van der Waals surface area contributed by atoms with Gasteiger partial charge in [0.05, 0.1) is 38.6 Å². The lowest BCUT2D eigenvalue weighted by Gasteiger charge is -2.15. The van der Waals surface area contributed by atoms with Crippen molar-refractivity contribution in [1.82, 2.24) is 9.55 Å². The highest BCUT2D eigenvalue weighted by Crippen LogP contribution is 2.33. The first-order valence-corrected chi connectivity index (χ1v) is 12.5. The molecule has 33 heavy (non-hydrogen) atoms. The van der Waals surface area contributed by atoms with Gasteiger partial charge in [-0.25, -0.2) is 13.4 Å². The average Bonchev–Trinajstić information content (AvgIpc) is 3.30. The van der Waals surface area contributed by atoms with Crippen molar-refractivity contribution in [3.63, 3.8) is 0 Å². The summed E-state index contributed by atoms with van der Waals surface area (Å²) in [5.74, 6) is 0.449. The zero-order chi connectivity index (χ0) is 24.0. The van der Waals surface area contributed by atoms with Crippen LogP contribution in [0.1, 0.15) is 0 Å². The predicted molar refractivity (Wildman–Crippen MR) is 124 cm³/mol. The summed E-state index contributed by atoms with van der Waals surface area (Å²) in [4.78, 5) is 3.79. The van der Waals surface area contributed by atoms with Crippen LogP contribution in [0.2, 0.25) is 10.0 Å². The summed E-state index contributed by atoms with van der Waals surface area (Å²) in [6.45, 7) is 0.165. The molecule has 0 saturated heterocycles. The lowest BCUT2D eigenvalue weighted by Crippen LogP contribution is -2.23. The van der Waals surface area contributed by atoms with Crippen molar-refractivity contribution in [2.75, 3.05) is 19.1 Å². The number of hydrogen-bond acceptors (Lipinski definition) is 7. The summed E-state index contributed by atoms with van der Waals surface area (Å²) in [5.41, 5.74) is 0. The van der Waals surface area contributed by atoms with Crippen LogP contribution in [0.25, 0.3) is 0 Å². The molecule has 2 N–H and O–H groups in total. The number of benzene rings is 2. The van der Waals surface area contributed by atoms with Gasteiger partial charge in [0.15, 0.2) is 0 Å². The van der Waals surface area contributed by atoms with Crippen molar-refractivity contribution in [2.45, 2.75) is 28.5 Å². The summed E-state index contributed by atoms with van der Waals surface area (Å²) in [6.07, 6.45) is 3.20. The van der Waals surface area contributed by atoms with Gasteiger partial charge in [0.2, 0.25) is 9.84 Å². The minimum Gasteiger partial charge on any atom is -0.489 e. The van der Waals surface area contributed by atoms with Crippen molar-refractivity contribution in [3.05, 3.63) is 65.2 Å². The quantitative estimate of drug-likeness (QED) is 0.362. The maximum atomic E-state index is 13.0. The fourth-order valence-corrected chi connectivity index (χ4v) is 4.78. The van der Waals surface area contributed by atoms with E-state index in [2.05, 4.69) is 4.98 Å².